The summed E-state index contributed by atoms with van der Waals surface area (Å²) >= 11 is 1.42. The maximum absolute atomic E-state index is 13.5. The zero-order chi connectivity index (χ0) is 27.5. The zero-order valence-corrected chi connectivity index (χ0v) is 23.2. The molecule has 0 saturated carbocycles. The third-order valence-corrected chi connectivity index (χ3v) is 8.07. The highest BCUT2D eigenvalue weighted by Crippen LogP contribution is 2.38. The van der Waals surface area contributed by atoms with Crippen molar-refractivity contribution in [3.05, 3.63) is 94.0 Å². The molecule has 0 aliphatic carbocycles. The van der Waals surface area contributed by atoms with Gasteiger partial charge in [-0.05, 0) is 60.7 Å². The minimum absolute atomic E-state index is 0.0194. The number of hydrogen-bond donors (Lipinski definition) is 0. The van der Waals surface area contributed by atoms with E-state index < -0.39 is 0 Å². The van der Waals surface area contributed by atoms with Crippen LogP contribution in [0.1, 0.15) is 45.5 Å². The van der Waals surface area contributed by atoms with Crippen molar-refractivity contribution in [2.45, 2.75) is 32.4 Å². The number of aromatic nitrogens is 3. The van der Waals surface area contributed by atoms with Crippen LogP contribution in [0, 0.1) is 6.92 Å². The highest BCUT2D eigenvalue weighted by atomic mass is 32.1. The molecule has 10 heteroatoms. The van der Waals surface area contributed by atoms with Crippen molar-refractivity contribution in [3.8, 4) is 11.5 Å². The van der Waals surface area contributed by atoms with Crippen LogP contribution in [0.15, 0.2) is 65.7 Å². The Bertz CT molecular complexity index is 1500. The Morgan fingerprint density at radius 1 is 1.02 bits per heavy atom. The van der Waals surface area contributed by atoms with Crippen molar-refractivity contribution in [1.82, 2.24) is 24.3 Å². The van der Waals surface area contributed by atoms with E-state index in [1.807, 2.05) is 57.8 Å². The van der Waals surface area contributed by atoms with Gasteiger partial charge < -0.3 is 23.8 Å². The average molecular weight is 558 g/mol. The molecule has 40 heavy (non-hydrogen) atoms. The van der Waals surface area contributed by atoms with E-state index in [2.05, 4.69) is 22.1 Å². The summed E-state index contributed by atoms with van der Waals surface area (Å²) in [6.45, 7) is 4.57. The summed E-state index contributed by atoms with van der Waals surface area (Å²) in [5.41, 5.74) is 5.35. The van der Waals surface area contributed by atoms with Gasteiger partial charge in [0.2, 0.25) is 5.91 Å². The number of ether oxygens (including phenoxy) is 2. The van der Waals surface area contributed by atoms with Crippen LogP contribution in [0.2, 0.25) is 0 Å². The Morgan fingerprint density at radius 2 is 1.90 bits per heavy atom. The molecule has 9 nitrogen and oxygen atoms in total. The Kier molecular flexibility index (Phi) is 7.50. The lowest BCUT2D eigenvalue weighted by Crippen LogP contribution is -2.41. The van der Waals surface area contributed by atoms with Crippen LogP contribution in [0.5, 0.6) is 11.5 Å². The Morgan fingerprint density at radius 3 is 2.73 bits per heavy atom. The summed E-state index contributed by atoms with van der Waals surface area (Å²) in [5.74, 6) is 2.25. The van der Waals surface area contributed by atoms with Gasteiger partial charge in [-0.2, -0.15) is 0 Å². The van der Waals surface area contributed by atoms with Gasteiger partial charge >= 0.3 is 0 Å². The molecule has 0 saturated heterocycles. The van der Waals surface area contributed by atoms with Gasteiger partial charge in [0.1, 0.15) is 36.2 Å². The zero-order valence-electron chi connectivity index (χ0n) is 22.4. The average Bonchev–Trinajstić information content (AvgIpc) is 3.65. The molecule has 4 aromatic rings. The summed E-state index contributed by atoms with van der Waals surface area (Å²) in [7, 11) is 0. The van der Waals surface area contributed by atoms with E-state index in [0.29, 0.717) is 51.4 Å². The van der Waals surface area contributed by atoms with Crippen molar-refractivity contribution < 1.29 is 19.1 Å². The SMILES string of the molecule is Cc1nccn1CC(=O)N1CCCOc2cccc(c2)C2c3ccc(cc3CCN2C(=O)c2cscn2)OCC1. The lowest BCUT2D eigenvalue weighted by molar-refractivity contribution is -0.132. The predicted molar refractivity (Wildman–Crippen MR) is 151 cm³/mol. The van der Waals surface area contributed by atoms with Crippen LogP contribution in [0.3, 0.4) is 0 Å². The van der Waals surface area contributed by atoms with Crippen molar-refractivity contribution in [2.75, 3.05) is 32.8 Å². The number of fused-ring (bicyclic) bond motifs is 8. The molecule has 3 aliphatic rings. The monoisotopic (exact) mass is 557 g/mol. The highest BCUT2D eigenvalue weighted by molar-refractivity contribution is 7.07. The van der Waals surface area contributed by atoms with Crippen LogP contribution < -0.4 is 9.47 Å². The van der Waals surface area contributed by atoms with Crippen LogP contribution >= 0.6 is 11.3 Å². The minimum atomic E-state index is -0.261. The second-order valence-electron chi connectivity index (χ2n) is 9.99. The molecule has 1 atom stereocenters. The molecule has 2 aromatic heterocycles. The largest absolute Gasteiger partial charge is 0.494 e. The number of amides is 2. The van der Waals surface area contributed by atoms with E-state index in [1.54, 1.807) is 17.1 Å². The summed E-state index contributed by atoms with van der Waals surface area (Å²) in [5, 5.41) is 1.80. The van der Waals surface area contributed by atoms with Gasteiger partial charge in [-0.15, -0.1) is 11.3 Å². The van der Waals surface area contributed by atoms with Gasteiger partial charge in [-0.3, -0.25) is 9.59 Å². The second kappa shape index (κ2) is 11.5. The summed E-state index contributed by atoms with van der Waals surface area (Å²) in [4.78, 5) is 38.9. The van der Waals surface area contributed by atoms with E-state index in [9.17, 15) is 9.59 Å². The fraction of sp³-hybridized carbons (Fsp3) is 0.333. The van der Waals surface area contributed by atoms with Crippen molar-refractivity contribution in [1.29, 1.82) is 0 Å². The van der Waals surface area contributed by atoms with Gasteiger partial charge in [-0.25, -0.2) is 9.97 Å². The lowest BCUT2D eigenvalue weighted by Gasteiger charge is -2.37. The molecular formula is C30H31N5O4S. The maximum atomic E-state index is 13.5. The first-order chi connectivity index (χ1) is 19.6. The molecule has 0 N–H and O–H groups in total. The van der Waals surface area contributed by atoms with E-state index in [4.69, 9.17) is 9.47 Å². The fourth-order valence-electron chi connectivity index (χ4n) is 5.41. The summed E-state index contributed by atoms with van der Waals surface area (Å²) in [6.07, 6.45) is 4.91. The smallest absolute Gasteiger partial charge is 0.274 e. The fourth-order valence-corrected chi connectivity index (χ4v) is 5.93. The van der Waals surface area contributed by atoms with Crippen LogP contribution in [0.4, 0.5) is 0 Å². The number of thiazole rings is 1. The molecule has 7 rings (SSSR count). The van der Waals surface area contributed by atoms with Gasteiger partial charge in [0, 0.05) is 30.9 Å². The van der Waals surface area contributed by atoms with Crippen molar-refractivity contribution >= 4 is 23.2 Å². The molecular weight excluding hydrogens is 526 g/mol. The minimum Gasteiger partial charge on any atom is -0.494 e. The van der Waals surface area contributed by atoms with Crippen LogP contribution in [-0.4, -0.2) is 69.0 Å². The van der Waals surface area contributed by atoms with Crippen molar-refractivity contribution in [3.63, 3.8) is 0 Å². The quantitative estimate of drug-likeness (QED) is 0.377. The van der Waals surface area contributed by atoms with Gasteiger partial charge in [0.15, 0.2) is 0 Å². The lowest BCUT2D eigenvalue weighted by atomic mass is 9.87. The van der Waals surface area contributed by atoms with E-state index in [1.165, 1.54) is 11.3 Å². The first kappa shape index (κ1) is 26.1. The number of aryl methyl sites for hydroxylation is 1. The molecule has 1 unspecified atom stereocenters. The van der Waals surface area contributed by atoms with Gasteiger partial charge in [-0.1, -0.05) is 18.2 Å². The number of imidazole rings is 1. The third kappa shape index (κ3) is 5.44. The highest BCUT2D eigenvalue weighted by Gasteiger charge is 2.34. The maximum Gasteiger partial charge on any atom is 0.274 e. The Hall–Kier alpha value is -4.18. The van der Waals surface area contributed by atoms with Crippen LogP contribution in [0.25, 0.3) is 0 Å². The molecule has 6 bridgehead atoms. The number of nitrogens with zero attached hydrogens (tertiary/aromatic N) is 5. The predicted octanol–water partition coefficient (Wildman–Crippen LogP) is 4.13. The van der Waals surface area contributed by atoms with Gasteiger partial charge in [0.05, 0.1) is 24.7 Å². The molecule has 2 amide bonds. The molecule has 2 aromatic carbocycles. The topological polar surface area (TPSA) is 89.8 Å². The van der Waals surface area contributed by atoms with E-state index >= 15 is 0 Å². The summed E-state index contributed by atoms with van der Waals surface area (Å²) in [6, 6.07) is 13.8. The Labute approximate surface area is 237 Å². The first-order valence-electron chi connectivity index (χ1n) is 13.5. The number of hydrogen-bond acceptors (Lipinski definition) is 7. The molecule has 5 heterocycles. The second-order valence-corrected chi connectivity index (χ2v) is 10.7. The van der Waals surface area contributed by atoms with Crippen LogP contribution in [-0.2, 0) is 17.8 Å². The Balaban J connectivity index is 1.29. The summed E-state index contributed by atoms with van der Waals surface area (Å²) < 4.78 is 14.1. The molecule has 0 fully saturated rings. The molecule has 206 valence electrons. The van der Waals surface area contributed by atoms with Crippen molar-refractivity contribution in [2.24, 2.45) is 0 Å². The van der Waals surface area contributed by atoms with Gasteiger partial charge in [0.25, 0.3) is 5.91 Å². The standard InChI is InChI=1S/C30H31N5O4S/c1-21-31-9-12-34(21)18-28(36)33-10-3-14-38-24-5-2-4-23(17-24)29-26-7-6-25(39-15-13-33)16-22(26)8-11-35(29)30(37)27-19-40-20-32-27/h2,4-7,9,12,16-17,19-20,29H,3,8,10-11,13-15,18H2,1H3. The molecule has 0 radical (unpaired) electrons. The molecule has 3 aliphatic heterocycles. The van der Waals surface area contributed by atoms with E-state index in [-0.39, 0.29) is 24.4 Å². The number of rotatable bonds is 3. The number of carbonyl (C=O) groups excluding carboxylic acids is 2. The normalized spacial score (nSPS) is 17.3. The van der Waals surface area contributed by atoms with E-state index in [0.717, 1.165) is 34.0 Å². The first-order valence-corrected chi connectivity index (χ1v) is 14.4. The number of carbonyl (C=O) groups is 2. The third-order valence-electron chi connectivity index (χ3n) is 7.48. The molecule has 0 spiro atoms. The number of benzene rings is 2.